The fourth-order valence-corrected chi connectivity index (χ4v) is 2.15. The van der Waals surface area contributed by atoms with Gasteiger partial charge in [-0.05, 0) is 17.7 Å². The molecule has 0 aliphatic carbocycles. The molecule has 0 unspecified atom stereocenters. The molecule has 0 radical (unpaired) electrons. The van der Waals surface area contributed by atoms with Gasteiger partial charge in [0, 0.05) is 10.9 Å². The van der Waals surface area contributed by atoms with Crippen molar-refractivity contribution in [3.05, 3.63) is 34.3 Å². The normalized spacial score (nSPS) is 18.9. The summed E-state index contributed by atoms with van der Waals surface area (Å²) >= 11 is 3.34. The smallest absolute Gasteiger partial charge is 0.328 e. The van der Waals surface area contributed by atoms with Crippen molar-refractivity contribution in [3.63, 3.8) is 0 Å². The quantitative estimate of drug-likeness (QED) is 0.859. The van der Waals surface area contributed by atoms with E-state index >= 15 is 0 Å². The molecule has 0 bridgehead atoms. The first-order valence-corrected chi connectivity index (χ1v) is 6.15. The minimum Gasteiger partial charge on any atom is -0.464 e. The number of hydrogen-bond donors (Lipinski definition) is 1. The minimum absolute atomic E-state index is 0.160. The Kier molecular flexibility index (Phi) is 3.78. The number of hydrogen-bond acceptors (Lipinski definition) is 3. The highest BCUT2D eigenvalue weighted by atomic mass is 79.9. The minimum atomic E-state index is -0.477. The molecule has 1 heterocycles. The highest BCUT2D eigenvalue weighted by molar-refractivity contribution is 9.10. The molecule has 0 saturated carbocycles. The summed E-state index contributed by atoms with van der Waals surface area (Å²) in [4.78, 5) is 22.9. The Balaban J connectivity index is 1.91. The summed E-state index contributed by atoms with van der Waals surface area (Å²) in [5.41, 5.74) is 0.906. The van der Waals surface area contributed by atoms with E-state index in [2.05, 4.69) is 21.2 Å². The van der Waals surface area contributed by atoms with Crippen molar-refractivity contribution in [2.75, 3.05) is 6.61 Å². The fourth-order valence-electron chi connectivity index (χ4n) is 1.70. The number of cyclic esters (lactones) is 1. The third-order valence-corrected chi connectivity index (χ3v) is 3.02. The first-order chi connectivity index (χ1) is 8.15. The molecule has 1 amide bonds. The number of esters is 1. The molecule has 4 nitrogen and oxygen atoms in total. The van der Waals surface area contributed by atoms with Gasteiger partial charge in [-0.2, -0.15) is 0 Å². The average molecular weight is 298 g/mol. The van der Waals surface area contributed by atoms with Crippen LogP contribution in [0.1, 0.15) is 12.0 Å². The van der Waals surface area contributed by atoms with Gasteiger partial charge in [0.2, 0.25) is 5.91 Å². The Morgan fingerprint density at radius 2 is 2.35 bits per heavy atom. The molecular formula is C12H12BrNO3. The van der Waals surface area contributed by atoms with E-state index in [-0.39, 0.29) is 18.3 Å². The number of rotatable bonds is 3. The van der Waals surface area contributed by atoms with E-state index in [0.29, 0.717) is 13.0 Å². The van der Waals surface area contributed by atoms with E-state index in [1.54, 1.807) is 0 Å². The Morgan fingerprint density at radius 1 is 1.53 bits per heavy atom. The predicted molar refractivity (Wildman–Crippen MR) is 65.4 cm³/mol. The van der Waals surface area contributed by atoms with Gasteiger partial charge >= 0.3 is 5.97 Å². The van der Waals surface area contributed by atoms with Crippen molar-refractivity contribution < 1.29 is 14.3 Å². The highest BCUT2D eigenvalue weighted by Gasteiger charge is 2.27. The molecule has 1 fully saturated rings. The molecule has 1 atom stereocenters. The van der Waals surface area contributed by atoms with Crippen molar-refractivity contribution >= 4 is 27.8 Å². The number of halogens is 1. The fraction of sp³-hybridized carbons (Fsp3) is 0.333. The molecular weight excluding hydrogens is 286 g/mol. The first kappa shape index (κ1) is 12.1. The van der Waals surface area contributed by atoms with Crippen LogP contribution in [-0.2, 0) is 20.7 Å². The number of carbonyl (C=O) groups excluding carboxylic acids is 2. The lowest BCUT2D eigenvalue weighted by atomic mass is 10.1. The van der Waals surface area contributed by atoms with E-state index in [4.69, 9.17) is 4.74 Å². The zero-order valence-corrected chi connectivity index (χ0v) is 10.7. The Bertz CT molecular complexity index is 447. The third-order valence-electron chi connectivity index (χ3n) is 2.52. The molecule has 1 saturated heterocycles. The maximum Gasteiger partial charge on any atom is 0.328 e. The van der Waals surface area contributed by atoms with Crippen molar-refractivity contribution in [3.8, 4) is 0 Å². The molecule has 17 heavy (non-hydrogen) atoms. The summed E-state index contributed by atoms with van der Waals surface area (Å²) in [6.45, 7) is 0.390. The molecule has 0 spiro atoms. The largest absolute Gasteiger partial charge is 0.464 e. The van der Waals surface area contributed by atoms with Gasteiger partial charge in [-0.1, -0.05) is 28.1 Å². The van der Waals surface area contributed by atoms with E-state index in [0.717, 1.165) is 10.0 Å². The van der Waals surface area contributed by atoms with Crippen LogP contribution in [0.15, 0.2) is 28.7 Å². The van der Waals surface area contributed by atoms with Crippen molar-refractivity contribution in [1.82, 2.24) is 5.32 Å². The molecule has 1 aromatic carbocycles. The van der Waals surface area contributed by atoms with Gasteiger partial charge in [0.05, 0.1) is 13.0 Å². The predicted octanol–water partition coefficient (Wildman–Crippen LogP) is 1.42. The van der Waals surface area contributed by atoms with Gasteiger partial charge in [-0.15, -0.1) is 0 Å². The molecule has 1 aliphatic heterocycles. The van der Waals surface area contributed by atoms with Crippen LogP contribution in [0.3, 0.4) is 0 Å². The average Bonchev–Trinajstić information content (AvgIpc) is 2.64. The van der Waals surface area contributed by atoms with E-state index < -0.39 is 6.04 Å². The Morgan fingerprint density at radius 3 is 3.00 bits per heavy atom. The second-order valence-electron chi connectivity index (χ2n) is 3.88. The number of carbonyl (C=O) groups is 2. The molecule has 0 aromatic heterocycles. The molecule has 1 N–H and O–H groups in total. The third kappa shape index (κ3) is 3.30. The standard InChI is InChI=1S/C12H12BrNO3/c13-9-3-1-2-8(6-9)7-11(15)14-10-4-5-17-12(10)16/h1-3,6,10H,4-5,7H2,(H,14,15)/t10-/m0/s1. The summed E-state index contributed by atoms with van der Waals surface area (Å²) in [6.07, 6.45) is 0.826. The van der Waals surface area contributed by atoms with Crippen LogP contribution in [0, 0.1) is 0 Å². The lowest BCUT2D eigenvalue weighted by Crippen LogP contribution is -2.38. The van der Waals surface area contributed by atoms with Gasteiger partial charge in [0.1, 0.15) is 6.04 Å². The van der Waals surface area contributed by atoms with Crippen LogP contribution in [0.4, 0.5) is 0 Å². The van der Waals surface area contributed by atoms with Gasteiger partial charge in [-0.25, -0.2) is 4.79 Å². The van der Waals surface area contributed by atoms with Crippen molar-refractivity contribution in [2.45, 2.75) is 18.9 Å². The van der Waals surface area contributed by atoms with E-state index in [1.165, 1.54) is 0 Å². The summed E-state index contributed by atoms with van der Waals surface area (Å²) in [7, 11) is 0. The van der Waals surface area contributed by atoms with Crippen LogP contribution in [-0.4, -0.2) is 24.5 Å². The van der Waals surface area contributed by atoms with Gasteiger partial charge in [-0.3, -0.25) is 4.79 Å². The second-order valence-corrected chi connectivity index (χ2v) is 4.80. The monoisotopic (exact) mass is 297 g/mol. The number of ether oxygens (including phenoxy) is 1. The number of benzene rings is 1. The lowest BCUT2D eigenvalue weighted by Gasteiger charge is -2.08. The lowest BCUT2D eigenvalue weighted by molar-refractivity contribution is -0.141. The molecule has 5 heteroatoms. The summed E-state index contributed by atoms with van der Waals surface area (Å²) in [5, 5.41) is 2.67. The van der Waals surface area contributed by atoms with Crippen LogP contribution in [0.25, 0.3) is 0 Å². The Labute approximate surface area is 107 Å². The summed E-state index contributed by atoms with van der Waals surface area (Å²) in [5.74, 6) is -0.500. The molecule has 1 aliphatic rings. The molecule has 90 valence electrons. The van der Waals surface area contributed by atoms with Crippen LogP contribution >= 0.6 is 15.9 Å². The zero-order chi connectivity index (χ0) is 12.3. The maximum absolute atomic E-state index is 11.7. The second kappa shape index (κ2) is 5.31. The SMILES string of the molecule is O=C(Cc1cccc(Br)c1)N[C@H]1CCOC1=O. The molecule has 2 rings (SSSR count). The van der Waals surface area contributed by atoms with E-state index in [9.17, 15) is 9.59 Å². The van der Waals surface area contributed by atoms with Gasteiger partial charge in [0.15, 0.2) is 0 Å². The highest BCUT2D eigenvalue weighted by Crippen LogP contribution is 2.12. The van der Waals surface area contributed by atoms with Crippen molar-refractivity contribution in [2.24, 2.45) is 0 Å². The van der Waals surface area contributed by atoms with Crippen molar-refractivity contribution in [1.29, 1.82) is 0 Å². The maximum atomic E-state index is 11.7. The van der Waals surface area contributed by atoms with E-state index in [1.807, 2.05) is 24.3 Å². The summed E-state index contributed by atoms with van der Waals surface area (Å²) < 4.78 is 5.71. The van der Waals surface area contributed by atoms with Gasteiger partial charge in [0.25, 0.3) is 0 Å². The van der Waals surface area contributed by atoms with Gasteiger partial charge < -0.3 is 10.1 Å². The van der Waals surface area contributed by atoms with Crippen LogP contribution in [0.2, 0.25) is 0 Å². The summed E-state index contributed by atoms with van der Waals surface area (Å²) in [6, 6.07) is 7.05. The first-order valence-electron chi connectivity index (χ1n) is 5.35. The Hall–Kier alpha value is -1.36. The zero-order valence-electron chi connectivity index (χ0n) is 9.11. The number of amides is 1. The molecule has 1 aromatic rings. The topological polar surface area (TPSA) is 55.4 Å². The van der Waals surface area contributed by atoms with Crippen LogP contribution in [0.5, 0.6) is 0 Å². The number of nitrogens with one attached hydrogen (secondary N) is 1. The van der Waals surface area contributed by atoms with Crippen LogP contribution < -0.4 is 5.32 Å².